The Morgan fingerprint density at radius 3 is 2.29 bits per heavy atom. The van der Waals surface area contributed by atoms with Crippen molar-refractivity contribution in [3.63, 3.8) is 0 Å². The van der Waals surface area contributed by atoms with Crippen LogP contribution in [0.2, 0.25) is 0 Å². The van der Waals surface area contributed by atoms with Crippen molar-refractivity contribution in [1.29, 1.82) is 0 Å². The van der Waals surface area contributed by atoms with Crippen molar-refractivity contribution in [3.05, 3.63) is 28.5 Å². The van der Waals surface area contributed by atoms with Crippen LogP contribution >= 0.6 is 15.9 Å². The fourth-order valence-corrected chi connectivity index (χ4v) is 1.73. The third kappa shape index (κ3) is 1.92. The summed E-state index contributed by atoms with van der Waals surface area (Å²) in [5.41, 5.74) is -1.93. The molecule has 1 aromatic heterocycles. The first-order valence-corrected chi connectivity index (χ1v) is 4.74. The largest absolute Gasteiger partial charge is 0.399 e. The summed E-state index contributed by atoms with van der Waals surface area (Å²) >= 11 is 3.06. The number of rotatable bonds is 1. The fraction of sp³-hybridized carbons (Fsp3) is 0.444. The van der Waals surface area contributed by atoms with Crippen LogP contribution in [-0.4, -0.2) is 11.2 Å². The van der Waals surface area contributed by atoms with E-state index in [9.17, 15) is 13.2 Å². The lowest BCUT2D eigenvalue weighted by Gasteiger charge is -2.27. The van der Waals surface area contributed by atoms with Crippen LogP contribution in [0.3, 0.4) is 0 Å². The van der Waals surface area contributed by atoms with E-state index in [1.54, 1.807) is 12.1 Å². The zero-order valence-electron chi connectivity index (χ0n) is 7.69. The molecule has 0 aliphatic carbocycles. The molecule has 0 saturated carbocycles. The summed E-state index contributed by atoms with van der Waals surface area (Å²) < 4.78 is 38.3. The molecule has 0 aromatic carbocycles. The SMILES string of the molecule is CC(C)(c1ncccc1Br)C(F)(F)F. The van der Waals surface area contributed by atoms with Gasteiger partial charge in [0.25, 0.3) is 0 Å². The highest BCUT2D eigenvalue weighted by atomic mass is 79.9. The number of pyridine rings is 1. The van der Waals surface area contributed by atoms with Gasteiger partial charge in [-0.1, -0.05) is 0 Å². The number of halogens is 4. The summed E-state index contributed by atoms with van der Waals surface area (Å²) in [6.45, 7) is 2.22. The van der Waals surface area contributed by atoms with Crippen LogP contribution in [0.5, 0.6) is 0 Å². The van der Waals surface area contributed by atoms with E-state index in [-0.39, 0.29) is 5.69 Å². The van der Waals surface area contributed by atoms with Crippen LogP contribution < -0.4 is 0 Å². The minimum atomic E-state index is -4.30. The van der Waals surface area contributed by atoms with E-state index in [0.717, 1.165) is 13.8 Å². The average Bonchev–Trinajstić information content (AvgIpc) is 2.02. The summed E-state index contributed by atoms with van der Waals surface area (Å²) in [5, 5.41) is 0. The predicted octanol–water partition coefficient (Wildman–Crippen LogP) is 3.68. The van der Waals surface area contributed by atoms with Crippen molar-refractivity contribution in [2.75, 3.05) is 0 Å². The highest BCUT2D eigenvalue weighted by molar-refractivity contribution is 9.10. The van der Waals surface area contributed by atoms with Gasteiger partial charge in [0, 0.05) is 10.7 Å². The quantitative estimate of drug-likeness (QED) is 0.757. The van der Waals surface area contributed by atoms with Gasteiger partial charge in [0.2, 0.25) is 0 Å². The van der Waals surface area contributed by atoms with E-state index in [2.05, 4.69) is 20.9 Å². The number of aromatic nitrogens is 1. The van der Waals surface area contributed by atoms with E-state index in [1.165, 1.54) is 6.20 Å². The summed E-state index contributed by atoms with van der Waals surface area (Å²) in [7, 11) is 0. The van der Waals surface area contributed by atoms with Gasteiger partial charge in [-0.25, -0.2) is 0 Å². The first kappa shape index (κ1) is 11.5. The molecule has 0 unspecified atom stereocenters. The molecule has 14 heavy (non-hydrogen) atoms. The number of hydrogen-bond acceptors (Lipinski definition) is 1. The maximum atomic E-state index is 12.6. The molecule has 0 radical (unpaired) electrons. The Kier molecular flexibility index (Phi) is 2.90. The molecule has 0 saturated heterocycles. The Morgan fingerprint density at radius 1 is 1.29 bits per heavy atom. The first-order chi connectivity index (χ1) is 6.27. The highest BCUT2D eigenvalue weighted by Crippen LogP contribution is 2.41. The molecule has 5 heteroatoms. The summed E-state index contributed by atoms with van der Waals surface area (Å²) in [5.74, 6) is 0. The molecular formula is C9H9BrF3N. The van der Waals surface area contributed by atoms with Gasteiger partial charge in [0.1, 0.15) is 5.41 Å². The molecule has 0 atom stereocenters. The van der Waals surface area contributed by atoms with E-state index in [0.29, 0.717) is 4.47 Å². The van der Waals surface area contributed by atoms with Crippen LogP contribution in [0.4, 0.5) is 13.2 Å². The summed E-state index contributed by atoms with van der Waals surface area (Å²) in [4.78, 5) is 3.75. The maximum Gasteiger partial charge on any atom is 0.399 e. The number of alkyl halides is 3. The molecule has 0 spiro atoms. The smallest absolute Gasteiger partial charge is 0.259 e. The highest BCUT2D eigenvalue weighted by Gasteiger charge is 2.50. The second-order valence-electron chi connectivity index (χ2n) is 3.46. The maximum absolute atomic E-state index is 12.6. The van der Waals surface area contributed by atoms with Crippen LogP contribution in [0.15, 0.2) is 22.8 Å². The van der Waals surface area contributed by atoms with Gasteiger partial charge in [-0.3, -0.25) is 4.98 Å². The van der Waals surface area contributed by atoms with Crippen LogP contribution in [0.25, 0.3) is 0 Å². The molecule has 1 rings (SSSR count). The van der Waals surface area contributed by atoms with Crippen molar-refractivity contribution in [2.24, 2.45) is 0 Å². The molecule has 1 nitrogen and oxygen atoms in total. The van der Waals surface area contributed by atoms with Crippen LogP contribution in [0, 0.1) is 0 Å². The van der Waals surface area contributed by atoms with Gasteiger partial charge in [0.15, 0.2) is 0 Å². The number of hydrogen-bond donors (Lipinski definition) is 0. The molecule has 1 aromatic rings. The molecule has 0 aliphatic rings. The van der Waals surface area contributed by atoms with Gasteiger partial charge in [-0.2, -0.15) is 13.2 Å². The predicted molar refractivity (Wildman–Crippen MR) is 51.0 cm³/mol. The molecule has 0 amide bonds. The van der Waals surface area contributed by atoms with Gasteiger partial charge < -0.3 is 0 Å². The lowest BCUT2D eigenvalue weighted by Crippen LogP contribution is -2.37. The fourth-order valence-electron chi connectivity index (χ4n) is 0.980. The molecule has 0 N–H and O–H groups in total. The first-order valence-electron chi connectivity index (χ1n) is 3.94. The molecule has 0 bridgehead atoms. The molecule has 0 fully saturated rings. The Labute approximate surface area is 88.5 Å². The Morgan fingerprint density at radius 2 is 1.86 bits per heavy atom. The third-order valence-corrected chi connectivity index (χ3v) is 2.70. The van der Waals surface area contributed by atoms with E-state index < -0.39 is 11.6 Å². The van der Waals surface area contributed by atoms with Crippen molar-refractivity contribution in [3.8, 4) is 0 Å². The molecule has 78 valence electrons. The second-order valence-corrected chi connectivity index (χ2v) is 4.31. The van der Waals surface area contributed by atoms with Crippen LogP contribution in [0.1, 0.15) is 19.5 Å². The van der Waals surface area contributed by atoms with E-state index >= 15 is 0 Å². The van der Waals surface area contributed by atoms with Gasteiger partial charge >= 0.3 is 6.18 Å². The Bertz CT molecular complexity index is 333. The van der Waals surface area contributed by atoms with Crippen molar-refractivity contribution < 1.29 is 13.2 Å². The standard InChI is InChI=1S/C9H9BrF3N/c1-8(2,9(11,12)13)7-6(10)4-3-5-14-7/h3-5H,1-2H3. The molecule has 0 aliphatic heterocycles. The molecular weight excluding hydrogens is 259 g/mol. The zero-order chi connectivity index (χ0) is 11.0. The van der Waals surface area contributed by atoms with E-state index in [1.807, 2.05) is 0 Å². The monoisotopic (exact) mass is 267 g/mol. The lowest BCUT2D eigenvalue weighted by atomic mass is 9.88. The Balaban J connectivity index is 3.23. The van der Waals surface area contributed by atoms with Gasteiger partial charge in [0.05, 0.1) is 5.69 Å². The third-order valence-electron chi connectivity index (χ3n) is 2.06. The molecule has 1 heterocycles. The van der Waals surface area contributed by atoms with Crippen molar-refractivity contribution >= 4 is 15.9 Å². The minimum Gasteiger partial charge on any atom is -0.259 e. The zero-order valence-corrected chi connectivity index (χ0v) is 9.28. The van der Waals surface area contributed by atoms with Crippen LogP contribution in [-0.2, 0) is 5.41 Å². The van der Waals surface area contributed by atoms with Gasteiger partial charge in [-0.05, 0) is 41.9 Å². The average molecular weight is 268 g/mol. The summed E-state index contributed by atoms with van der Waals surface area (Å²) in [6.07, 6.45) is -2.95. The van der Waals surface area contributed by atoms with Crippen molar-refractivity contribution in [2.45, 2.75) is 25.4 Å². The Hall–Kier alpha value is -0.580. The minimum absolute atomic E-state index is 0.00694. The lowest BCUT2D eigenvalue weighted by molar-refractivity contribution is -0.181. The van der Waals surface area contributed by atoms with Crippen molar-refractivity contribution in [1.82, 2.24) is 4.98 Å². The summed E-state index contributed by atoms with van der Waals surface area (Å²) in [6, 6.07) is 3.13. The normalized spacial score (nSPS) is 13.0. The second kappa shape index (κ2) is 3.53. The number of nitrogens with zero attached hydrogens (tertiary/aromatic N) is 1. The van der Waals surface area contributed by atoms with Gasteiger partial charge in [-0.15, -0.1) is 0 Å². The topological polar surface area (TPSA) is 12.9 Å². The van der Waals surface area contributed by atoms with E-state index in [4.69, 9.17) is 0 Å².